The van der Waals surface area contributed by atoms with Crippen LogP contribution in [-0.4, -0.2) is 67.2 Å². The fourth-order valence-corrected chi connectivity index (χ4v) is 4.61. The van der Waals surface area contributed by atoms with Crippen molar-refractivity contribution in [2.75, 3.05) is 26.2 Å². The lowest BCUT2D eigenvalue weighted by Crippen LogP contribution is -2.51. The molecule has 12 heteroatoms. The molecule has 0 aliphatic heterocycles. The van der Waals surface area contributed by atoms with Crippen molar-refractivity contribution in [1.82, 2.24) is 21.3 Å². The minimum atomic E-state index is -1.23. The van der Waals surface area contributed by atoms with Crippen LogP contribution in [0.2, 0.25) is 0 Å². The molecule has 3 aromatic carbocycles. The third-order valence-electron chi connectivity index (χ3n) is 6.52. The van der Waals surface area contributed by atoms with E-state index in [4.69, 9.17) is 14.9 Å². The Labute approximate surface area is 241 Å². The van der Waals surface area contributed by atoms with Gasteiger partial charge >= 0.3 is 12.1 Å². The number of aliphatic carboxylic acids is 1. The maximum Gasteiger partial charge on any atom is 0.439 e. The summed E-state index contributed by atoms with van der Waals surface area (Å²) in [5.41, 5.74) is 5.05. The van der Waals surface area contributed by atoms with Gasteiger partial charge in [-0.15, -0.1) is 0 Å². The summed E-state index contributed by atoms with van der Waals surface area (Å²) in [6.07, 6.45) is -0.871. The summed E-state index contributed by atoms with van der Waals surface area (Å²) < 4.78 is 0. The topological polar surface area (TPSA) is 172 Å². The number of benzene rings is 3. The molecule has 1 aliphatic rings. The normalized spacial score (nSPS) is 12.3. The number of fused-ring (bicyclic) bond motifs is 3. The first-order chi connectivity index (χ1) is 20.3. The second kappa shape index (κ2) is 14.4. The molecule has 0 spiro atoms. The number of hydrogen-bond acceptors (Lipinski definition) is 7. The van der Waals surface area contributed by atoms with Crippen LogP contribution in [0, 0.1) is 0 Å². The largest absolute Gasteiger partial charge is 0.480 e. The minimum Gasteiger partial charge on any atom is -0.480 e. The molecule has 0 unspecified atom stereocenters. The number of hydrogen-bond donors (Lipinski definition) is 5. The lowest BCUT2D eigenvalue weighted by Gasteiger charge is -2.18. The van der Waals surface area contributed by atoms with Gasteiger partial charge in [-0.05, 0) is 27.8 Å². The number of carbonyl (C=O) groups is 5. The second-order valence-electron chi connectivity index (χ2n) is 9.43. The average molecular weight is 575 g/mol. The van der Waals surface area contributed by atoms with Crippen LogP contribution < -0.4 is 21.3 Å². The van der Waals surface area contributed by atoms with Gasteiger partial charge in [0.15, 0.2) is 0 Å². The zero-order chi connectivity index (χ0) is 29.9. The lowest BCUT2D eigenvalue weighted by atomic mass is 9.98. The molecular weight excluding hydrogens is 544 g/mol. The number of carboxylic acids is 1. The van der Waals surface area contributed by atoms with Gasteiger partial charge in [-0.1, -0.05) is 78.9 Å². The van der Waals surface area contributed by atoms with Gasteiger partial charge in [0.25, 0.3) is 0 Å². The minimum absolute atomic E-state index is 0.0814. The van der Waals surface area contributed by atoms with E-state index in [0.717, 1.165) is 27.8 Å². The SMILES string of the molecule is O=C(O)CNC(=O)[C@H](Cc1ccccc1)NC(=O)CNC(=O)CNC(=O)OOCC1c2ccccc2-c2ccccc21. The molecule has 42 heavy (non-hydrogen) atoms. The summed E-state index contributed by atoms with van der Waals surface area (Å²) in [5.74, 6) is -3.40. The van der Waals surface area contributed by atoms with E-state index < -0.39 is 55.5 Å². The number of nitrogens with one attached hydrogen (secondary N) is 4. The van der Waals surface area contributed by atoms with Crippen LogP contribution in [0.3, 0.4) is 0 Å². The van der Waals surface area contributed by atoms with Gasteiger partial charge in [0.1, 0.15) is 25.7 Å². The van der Waals surface area contributed by atoms with Crippen molar-refractivity contribution in [3.8, 4) is 11.1 Å². The summed E-state index contributed by atoms with van der Waals surface area (Å²) in [6, 6.07) is 23.6. The fourth-order valence-electron chi connectivity index (χ4n) is 4.61. The maximum atomic E-state index is 12.4. The number of carbonyl (C=O) groups excluding carboxylic acids is 4. The van der Waals surface area contributed by atoms with E-state index in [-0.39, 0.29) is 18.9 Å². The van der Waals surface area contributed by atoms with E-state index in [2.05, 4.69) is 21.3 Å². The molecule has 0 heterocycles. The highest BCUT2D eigenvalue weighted by molar-refractivity contribution is 5.92. The first kappa shape index (κ1) is 29.7. The standard InChI is InChI=1S/C30H30N4O8/c35-26(31-16-27(36)34-25(29(39)32-17-28(37)38)14-19-8-2-1-3-9-19)15-33-30(40)42-41-18-24-22-12-6-4-10-20(22)21-11-5-7-13-23(21)24/h1-13,24-25H,14-18H2,(H,31,35)(H,32,39)(H,33,40)(H,34,36)(H,37,38)/t25-/m0/s1. The van der Waals surface area contributed by atoms with Crippen LogP contribution in [-0.2, 0) is 35.4 Å². The van der Waals surface area contributed by atoms with Crippen molar-refractivity contribution in [2.24, 2.45) is 0 Å². The van der Waals surface area contributed by atoms with Crippen LogP contribution >= 0.6 is 0 Å². The Bertz CT molecular complexity index is 1400. The van der Waals surface area contributed by atoms with E-state index in [1.807, 2.05) is 48.5 Å². The molecule has 0 saturated carbocycles. The molecule has 4 amide bonds. The first-order valence-electron chi connectivity index (χ1n) is 13.2. The quantitative estimate of drug-likeness (QED) is 0.151. The molecule has 1 atom stereocenters. The Morgan fingerprint density at radius 1 is 0.714 bits per heavy atom. The Kier molecular flexibility index (Phi) is 10.2. The van der Waals surface area contributed by atoms with Crippen molar-refractivity contribution in [2.45, 2.75) is 18.4 Å². The molecule has 1 aliphatic carbocycles. The zero-order valence-corrected chi connectivity index (χ0v) is 22.5. The molecule has 0 bridgehead atoms. The summed E-state index contributed by atoms with van der Waals surface area (Å²) in [4.78, 5) is 69.8. The highest BCUT2D eigenvalue weighted by atomic mass is 17.2. The number of carboxylic acid groups (broad SMARTS) is 1. The van der Waals surface area contributed by atoms with E-state index in [1.165, 1.54) is 0 Å². The predicted octanol–water partition coefficient (Wildman–Crippen LogP) is 1.50. The maximum absolute atomic E-state index is 12.4. The third-order valence-corrected chi connectivity index (χ3v) is 6.52. The second-order valence-corrected chi connectivity index (χ2v) is 9.43. The van der Waals surface area contributed by atoms with Crippen molar-refractivity contribution in [1.29, 1.82) is 0 Å². The summed E-state index contributed by atoms with van der Waals surface area (Å²) >= 11 is 0. The third kappa shape index (κ3) is 8.15. The first-order valence-corrected chi connectivity index (χ1v) is 13.2. The summed E-state index contributed by atoms with van der Waals surface area (Å²) in [5, 5.41) is 18.1. The van der Waals surface area contributed by atoms with Gasteiger partial charge in [0.2, 0.25) is 17.7 Å². The van der Waals surface area contributed by atoms with E-state index in [0.29, 0.717) is 0 Å². The molecule has 12 nitrogen and oxygen atoms in total. The highest BCUT2D eigenvalue weighted by Crippen LogP contribution is 2.44. The highest BCUT2D eigenvalue weighted by Gasteiger charge is 2.29. The number of amides is 4. The smallest absolute Gasteiger partial charge is 0.439 e. The average Bonchev–Trinajstić information content (AvgIpc) is 3.31. The van der Waals surface area contributed by atoms with Crippen molar-refractivity contribution >= 4 is 29.8 Å². The molecule has 0 aromatic heterocycles. The molecule has 4 rings (SSSR count). The Hall–Kier alpha value is -5.23. The van der Waals surface area contributed by atoms with Crippen LogP contribution in [0.25, 0.3) is 11.1 Å². The molecular formula is C30H30N4O8. The monoisotopic (exact) mass is 574 g/mol. The van der Waals surface area contributed by atoms with Gasteiger partial charge in [-0.3, -0.25) is 24.1 Å². The van der Waals surface area contributed by atoms with Crippen molar-refractivity contribution in [3.63, 3.8) is 0 Å². The summed E-state index contributed by atoms with van der Waals surface area (Å²) in [7, 11) is 0. The molecule has 0 fully saturated rings. The molecule has 3 aromatic rings. The van der Waals surface area contributed by atoms with Gasteiger partial charge in [0, 0.05) is 12.3 Å². The van der Waals surface area contributed by atoms with E-state index in [9.17, 15) is 24.0 Å². The van der Waals surface area contributed by atoms with E-state index >= 15 is 0 Å². The molecule has 5 N–H and O–H groups in total. The molecule has 0 saturated heterocycles. The Morgan fingerprint density at radius 2 is 1.31 bits per heavy atom. The molecule has 218 valence electrons. The van der Waals surface area contributed by atoms with Crippen LogP contribution in [0.5, 0.6) is 0 Å². The van der Waals surface area contributed by atoms with Gasteiger partial charge in [-0.25, -0.2) is 4.79 Å². The Balaban J connectivity index is 1.18. The number of rotatable bonds is 13. The van der Waals surface area contributed by atoms with Gasteiger partial charge in [0.05, 0.1) is 6.54 Å². The fraction of sp³-hybridized carbons (Fsp3) is 0.233. The van der Waals surface area contributed by atoms with Crippen LogP contribution in [0.15, 0.2) is 78.9 Å². The van der Waals surface area contributed by atoms with Gasteiger partial charge < -0.3 is 26.4 Å². The van der Waals surface area contributed by atoms with Crippen molar-refractivity contribution < 1.29 is 38.9 Å². The van der Waals surface area contributed by atoms with Gasteiger partial charge in [-0.2, -0.15) is 4.89 Å². The Morgan fingerprint density at radius 3 is 1.95 bits per heavy atom. The molecule has 0 radical (unpaired) electrons. The summed E-state index contributed by atoms with van der Waals surface area (Å²) in [6.45, 7) is -1.50. The predicted molar refractivity (Wildman–Crippen MR) is 150 cm³/mol. The van der Waals surface area contributed by atoms with E-state index in [1.54, 1.807) is 30.3 Å². The zero-order valence-electron chi connectivity index (χ0n) is 22.5. The van der Waals surface area contributed by atoms with Crippen LogP contribution in [0.1, 0.15) is 22.6 Å². The van der Waals surface area contributed by atoms with Crippen molar-refractivity contribution in [3.05, 3.63) is 95.6 Å². The van der Waals surface area contributed by atoms with Crippen LogP contribution in [0.4, 0.5) is 4.79 Å². The lowest BCUT2D eigenvalue weighted by molar-refractivity contribution is -0.239.